The van der Waals surface area contributed by atoms with E-state index in [0.717, 1.165) is 6.67 Å². The molecule has 0 N–H and O–H groups in total. The highest BCUT2D eigenvalue weighted by Crippen LogP contribution is 2.33. The van der Waals surface area contributed by atoms with Crippen molar-refractivity contribution >= 4 is 0 Å². The largest absolute Gasteiger partial charge is 0.297 e. The van der Waals surface area contributed by atoms with E-state index >= 15 is 0 Å². The van der Waals surface area contributed by atoms with Crippen molar-refractivity contribution in [3.05, 3.63) is 0 Å². The molecule has 0 fully saturated rings. The molecule has 2 nitrogen and oxygen atoms in total. The van der Waals surface area contributed by atoms with Crippen molar-refractivity contribution < 1.29 is 0 Å². The van der Waals surface area contributed by atoms with Crippen LogP contribution in [0.25, 0.3) is 0 Å². The summed E-state index contributed by atoms with van der Waals surface area (Å²) in [5.41, 5.74) is 0.702. The highest BCUT2D eigenvalue weighted by Gasteiger charge is 2.30. The third-order valence-electron chi connectivity index (χ3n) is 3.40. The third kappa shape index (κ3) is 5.53. The van der Waals surface area contributed by atoms with Crippen LogP contribution in [0.15, 0.2) is 0 Å². The van der Waals surface area contributed by atoms with E-state index < -0.39 is 0 Å². The average molecular weight is 214 g/mol. The molecule has 0 aliphatic heterocycles. The van der Waals surface area contributed by atoms with Crippen LogP contribution < -0.4 is 0 Å². The molecule has 0 radical (unpaired) electrons. The highest BCUT2D eigenvalue weighted by molar-refractivity contribution is 4.85. The molecular weight excluding hydrogens is 184 g/mol. The highest BCUT2D eigenvalue weighted by atomic mass is 15.3. The summed E-state index contributed by atoms with van der Waals surface area (Å²) in [6.45, 7) is 12.7. The Morgan fingerprint density at radius 3 is 1.73 bits per heavy atom. The topological polar surface area (TPSA) is 6.48 Å². The number of hydrogen-bond donors (Lipinski definition) is 0. The van der Waals surface area contributed by atoms with Crippen LogP contribution in [0.4, 0.5) is 0 Å². The van der Waals surface area contributed by atoms with Gasteiger partial charge in [-0.1, -0.05) is 27.2 Å². The van der Waals surface area contributed by atoms with Gasteiger partial charge in [0.1, 0.15) is 0 Å². The summed E-state index contributed by atoms with van der Waals surface area (Å²) >= 11 is 0. The smallest absolute Gasteiger partial charge is 0.0502 e. The first-order valence-corrected chi connectivity index (χ1v) is 5.97. The Morgan fingerprint density at radius 2 is 1.40 bits per heavy atom. The molecule has 0 aliphatic carbocycles. The first-order chi connectivity index (χ1) is 6.60. The van der Waals surface area contributed by atoms with Crippen molar-refractivity contribution in [1.29, 1.82) is 0 Å². The molecule has 0 bridgehead atoms. The van der Waals surface area contributed by atoms with Crippen molar-refractivity contribution in [2.45, 2.75) is 53.0 Å². The van der Waals surface area contributed by atoms with Gasteiger partial charge in [0.05, 0.1) is 6.67 Å². The Hall–Kier alpha value is -0.0800. The predicted molar refractivity (Wildman–Crippen MR) is 69.1 cm³/mol. The summed E-state index contributed by atoms with van der Waals surface area (Å²) in [5, 5.41) is 0. The van der Waals surface area contributed by atoms with Gasteiger partial charge in [-0.3, -0.25) is 9.80 Å². The minimum atomic E-state index is 0.268. The van der Waals surface area contributed by atoms with E-state index in [-0.39, 0.29) is 5.54 Å². The van der Waals surface area contributed by atoms with E-state index in [1.54, 1.807) is 0 Å². The maximum Gasteiger partial charge on any atom is 0.0502 e. The van der Waals surface area contributed by atoms with Crippen LogP contribution >= 0.6 is 0 Å². The second kappa shape index (κ2) is 5.31. The quantitative estimate of drug-likeness (QED) is 0.627. The Bertz CT molecular complexity index is 183. The van der Waals surface area contributed by atoms with E-state index in [9.17, 15) is 0 Å². The lowest BCUT2D eigenvalue weighted by molar-refractivity contribution is 0.0575. The zero-order chi connectivity index (χ0) is 12.3. The summed E-state index contributed by atoms with van der Waals surface area (Å²) in [5.74, 6) is 0. The van der Waals surface area contributed by atoms with Crippen molar-refractivity contribution in [2.24, 2.45) is 5.41 Å². The normalized spacial score (nSPS) is 14.0. The van der Waals surface area contributed by atoms with E-state index in [0.29, 0.717) is 5.41 Å². The van der Waals surface area contributed by atoms with Gasteiger partial charge in [0.15, 0.2) is 0 Å². The van der Waals surface area contributed by atoms with E-state index in [4.69, 9.17) is 0 Å². The molecule has 0 aromatic heterocycles. The second-order valence-corrected chi connectivity index (χ2v) is 6.43. The molecule has 0 rings (SSSR count). The Balaban J connectivity index is 4.40. The zero-order valence-electron chi connectivity index (χ0n) is 12.0. The molecule has 0 aliphatic rings. The molecule has 0 amide bonds. The minimum absolute atomic E-state index is 0.268. The van der Waals surface area contributed by atoms with Crippen LogP contribution in [-0.2, 0) is 0 Å². The lowest BCUT2D eigenvalue weighted by Gasteiger charge is -2.42. The first kappa shape index (κ1) is 14.9. The SMILES string of the molecule is CCC(C)(C)CC(C)(C)N(C)CN(C)C. The number of hydrogen-bond acceptors (Lipinski definition) is 2. The molecule has 0 aromatic carbocycles. The molecule has 0 unspecified atom stereocenters. The lowest BCUT2D eigenvalue weighted by Crippen LogP contribution is -2.47. The fraction of sp³-hybridized carbons (Fsp3) is 1.00. The summed E-state index contributed by atoms with van der Waals surface area (Å²) in [7, 11) is 6.46. The van der Waals surface area contributed by atoms with Crippen LogP contribution in [0.1, 0.15) is 47.5 Å². The minimum Gasteiger partial charge on any atom is -0.297 e. The zero-order valence-corrected chi connectivity index (χ0v) is 12.0. The molecule has 0 saturated carbocycles. The molecule has 92 valence electrons. The molecule has 15 heavy (non-hydrogen) atoms. The molecule has 2 heteroatoms. The summed E-state index contributed by atoms with van der Waals surface area (Å²) in [6, 6.07) is 0. The number of rotatable bonds is 6. The maximum absolute atomic E-state index is 2.43. The Morgan fingerprint density at radius 1 is 0.933 bits per heavy atom. The molecule has 0 heterocycles. The molecule has 0 saturated heterocycles. The standard InChI is InChI=1S/C13H30N2/c1-9-12(2,3)10-13(4,5)15(8)11-14(6)7/h9-11H2,1-8H3. The predicted octanol–water partition coefficient (Wildman–Crippen LogP) is 3.04. The van der Waals surface area contributed by atoms with Crippen LogP contribution in [0, 0.1) is 5.41 Å². The van der Waals surface area contributed by atoms with Gasteiger partial charge in [0.2, 0.25) is 0 Å². The molecule has 0 spiro atoms. The van der Waals surface area contributed by atoms with Gasteiger partial charge in [-0.15, -0.1) is 0 Å². The van der Waals surface area contributed by atoms with Gasteiger partial charge in [-0.25, -0.2) is 0 Å². The Kier molecular flexibility index (Phi) is 5.28. The summed E-state index contributed by atoms with van der Waals surface area (Å²) in [6.07, 6.45) is 2.48. The van der Waals surface area contributed by atoms with Gasteiger partial charge >= 0.3 is 0 Å². The van der Waals surface area contributed by atoms with Crippen LogP contribution in [-0.4, -0.2) is 43.2 Å². The molecule has 0 aromatic rings. The van der Waals surface area contributed by atoms with E-state index in [1.807, 2.05) is 0 Å². The van der Waals surface area contributed by atoms with Crippen molar-refractivity contribution in [2.75, 3.05) is 27.8 Å². The monoisotopic (exact) mass is 214 g/mol. The van der Waals surface area contributed by atoms with Crippen molar-refractivity contribution in [3.63, 3.8) is 0 Å². The Labute approximate surface area is 96.6 Å². The fourth-order valence-electron chi connectivity index (χ4n) is 2.05. The van der Waals surface area contributed by atoms with Gasteiger partial charge in [-0.05, 0) is 46.8 Å². The van der Waals surface area contributed by atoms with Crippen LogP contribution in [0.5, 0.6) is 0 Å². The van der Waals surface area contributed by atoms with Gasteiger partial charge < -0.3 is 0 Å². The van der Waals surface area contributed by atoms with Gasteiger partial charge in [-0.2, -0.15) is 0 Å². The number of nitrogens with zero attached hydrogens (tertiary/aromatic N) is 2. The van der Waals surface area contributed by atoms with Crippen molar-refractivity contribution in [1.82, 2.24) is 9.80 Å². The van der Waals surface area contributed by atoms with Crippen LogP contribution in [0.3, 0.4) is 0 Å². The van der Waals surface area contributed by atoms with Crippen LogP contribution in [0.2, 0.25) is 0 Å². The van der Waals surface area contributed by atoms with Gasteiger partial charge in [0, 0.05) is 5.54 Å². The molecule has 0 atom stereocenters. The van der Waals surface area contributed by atoms with E-state index in [2.05, 4.69) is 65.6 Å². The first-order valence-electron chi connectivity index (χ1n) is 5.97. The summed E-state index contributed by atoms with van der Waals surface area (Å²) < 4.78 is 0. The lowest BCUT2D eigenvalue weighted by atomic mass is 9.78. The second-order valence-electron chi connectivity index (χ2n) is 6.43. The summed E-state index contributed by atoms with van der Waals surface area (Å²) in [4.78, 5) is 4.66. The van der Waals surface area contributed by atoms with Crippen molar-refractivity contribution in [3.8, 4) is 0 Å². The average Bonchev–Trinajstić information content (AvgIpc) is 2.01. The fourth-order valence-corrected chi connectivity index (χ4v) is 2.05. The van der Waals surface area contributed by atoms with Gasteiger partial charge in [0.25, 0.3) is 0 Å². The maximum atomic E-state index is 2.43. The third-order valence-corrected chi connectivity index (χ3v) is 3.40. The van der Waals surface area contributed by atoms with E-state index in [1.165, 1.54) is 12.8 Å². The molecular formula is C13H30N2.